The summed E-state index contributed by atoms with van der Waals surface area (Å²) in [5.41, 5.74) is 0.930. The summed E-state index contributed by atoms with van der Waals surface area (Å²) in [4.78, 5) is 13.3. The number of aliphatic carboxylic acids is 1. The van der Waals surface area contributed by atoms with E-state index in [1.165, 1.54) is 0 Å². The molecule has 0 saturated heterocycles. The standard InChI is InChI=1S/C15H23NO3/c1-4-11-16(14(5-2)15(17)18)12-7-9-13(10-8-12)19-6-3/h7-10,14H,4-6,11H2,1-3H3,(H,17,18)/t14-/m0/s1. The van der Waals surface area contributed by atoms with E-state index in [1.807, 2.05) is 43.0 Å². The van der Waals surface area contributed by atoms with Crippen LogP contribution in [0.4, 0.5) is 5.69 Å². The minimum Gasteiger partial charge on any atom is -0.494 e. The van der Waals surface area contributed by atoms with Crippen LogP contribution in [0, 0.1) is 0 Å². The van der Waals surface area contributed by atoms with E-state index in [9.17, 15) is 9.90 Å². The zero-order chi connectivity index (χ0) is 14.3. The number of carbonyl (C=O) groups is 1. The van der Waals surface area contributed by atoms with Crippen LogP contribution >= 0.6 is 0 Å². The van der Waals surface area contributed by atoms with Crippen LogP contribution in [0.2, 0.25) is 0 Å². The third kappa shape index (κ3) is 4.16. The monoisotopic (exact) mass is 265 g/mol. The molecule has 0 unspecified atom stereocenters. The van der Waals surface area contributed by atoms with Crippen LogP contribution < -0.4 is 9.64 Å². The molecule has 0 saturated carbocycles. The van der Waals surface area contributed by atoms with Gasteiger partial charge in [0, 0.05) is 12.2 Å². The first-order chi connectivity index (χ1) is 9.13. The van der Waals surface area contributed by atoms with Gasteiger partial charge in [0.25, 0.3) is 0 Å². The minimum absolute atomic E-state index is 0.474. The number of hydrogen-bond donors (Lipinski definition) is 1. The molecule has 0 amide bonds. The van der Waals surface area contributed by atoms with Crippen LogP contribution in [0.15, 0.2) is 24.3 Å². The summed E-state index contributed by atoms with van der Waals surface area (Å²) >= 11 is 0. The Morgan fingerprint density at radius 2 is 1.89 bits per heavy atom. The number of carboxylic acid groups (broad SMARTS) is 1. The molecule has 1 N–H and O–H groups in total. The van der Waals surface area contributed by atoms with Gasteiger partial charge in [-0.1, -0.05) is 13.8 Å². The Morgan fingerprint density at radius 3 is 2.32 bits per heavy atom. The van der Waals surface area contributed by atoms with Gasteiger partial charge in [0.1, 0.15) is 11.8 Å². The van der Waals surface area contributed by atoms with E-state index in [1.54, 1.807) is 0 Å². The molecular formula is C15H23NO3. The van der Waals surface area contributed by atoms with Gasteiger partial charge in [-0.15, -0.1) is 0 Å². The fourth-order valence-electron chi connectivity index (χ4n) is 2.13. The van der Waals surface area contributed by atoms with Crippen molar-refractivity contribution in [2.45, 2.75) is 39.7 Å². The predicted octanol–water partition coefficient (Wildman–Crippen LogP) is 3.16. The maximum atomic E-state index is 11.3. The van der Waals surface area contributed by atoms with Crippen LogP contribution in [0.1, 0.15) is 33.6 Å². The van der Waals surface area contributed by atoms with Gasteiger partial charge >= 0.3 is 5.97 Å². The lowest BCUT2D eigenvalue weighted by molar-refractivity contribution is -0.138. The number of hydrogen-bond acceptors (Lipinski definition) is 3. The Labute approximate surface area is 115 Å². The summed E-state index contributed by atoms with van der Waals surface area (Å²) in [6.07, 6.45) is 1.50. The largest absolute Gasteiger partial charge is 0.494 e. The van der Waals surface area contributed by atoms with Crippen LogP contribution in [0.25, 0.3) is 0 Å². The van der Waals surface area contributed by atoms with Gasteiger partial charge in [0.15, 0.2) is 0 Å². The maximum absolute atomic E-state index is 11.3. The molecule has 1 aromatic rings. The Kier molecular flexibility index (Phi) is 6.19. The second kappa shape index (κ2) is 7.67. The number of benzene rings is 1. The van der Waals surface area contributed by atoms with Crippen molar-refractivity contribution in [1.29, 1.82) is 0 Å². The number of rotatable bonds is 8. The van der Waals surface area contributed by atoms with E-state index in [0.29, 0.717) is 13.0 Å². The van der Waals surface area contributed by atoms with Crippen molar-refractivity contribution < 1.29 is 14.6 Å². The van der Waals surface area contributed by atoms with E-state index in [2.05, 4.69) is 6.92 Å². The maximum Gasteiger partial charge on any atom is 0.326 e. The molecule has 19 heavy (non-hydrogen) atoms. The van der Waals surface area contributed by atoms with Gasteiger partial charge in [0.2, 0.25) is 0 Å². The van der Waals surface area contributed by atoms with Gasteiger partial charge in [-0.05, 0) is 44.0 Å². The SMILES string of the molecule is CCCN(c1ccc(OCC)cc1)[C@@H](CC)C(=O)O. The second-order valence-electron chi connectivity index (χ2n) is 4.38. The lowest BCUT2D eigenvalue weighted by atomic mass is 10.1. The zero-order valence-corrected chi connectivity index (χ0v) is 11.9. The quantitative estimate of drug-likeness (QED) is 0.784. The van der Waals surface area contributed by atoms with E-state index in [-0.39, 0.29) is 0 Å². The molecule has 1 aromatic carbocycles. The first-order valence-corrected chi connectivity index (χ1v) is 6.86. The van der Waals surface area contributed by atoms with E-state index in [0.717, 1.165) is 24.4 Å². The molecule has 0 aliphatic heterocycles. The summed E-state index contributed by atoms with van der Waals surface area (Å²) in [7, 11) is 0. The average molecular weight is 265 g/mol. The Balaban J connectivity index is 2.94. The molecule has 0 bridgehead atoms. The molecule has 0 aliphatic rings. The minimum atomic E-state index is -0.773. The van der Waals surface area contributed by atoms with E-state index < -0.39 is 12.0 Å². The smallest absolute Gasteiger partial charge is 0.326 e. The van der Waals surface area contributed by atoms with Gasteiger partial charge < -0.3 is 14.7 Å². The Morgan fingerprint density at radius 1 is 1.26 bits per heavy atom. The first kappa shape index (κ1) is 15.3. The molecule has 0 radical (unpaired) electrons. The molecule has 0 spiro atoms. The topological polar surface area (TPSA) is 49.8 Å². The Bertz CT molecular complexity index is 389. The molecule has 0 aliphatic carbocycles. The number of ether oxygens (including phenoxy) is 1. The van der Waals surface area contributed by atoms with Crippen molar-refractivity contribution in [1.82, 2.24) is 0 Å². The molecule has 4 heteroatoms. The van der Waals surface area contributed by atoms with Crippen molar-refractivity contribution in [3.63, 3.8) is 0 Å². The normalized spacial score (nSPS) is 11.9. The molecule has 1 atom stereocenters. The highest BCUT2D eigenvalue weighted by atomic mass is 16.5. The zero-order valence-electron chi connectivity index (χ0n) is 11.9. The number of nitrogens with zero attached hydrogens (tertiary/aromatic N) is 1. The lowest BCUT2D eigenvalue weighted by Gasteiger charge is -2.30. The van der Waals surface area contributed by atoms with Gasteiger partial charge in [-0.25, -0.2) is 4.79 Å². The second-order valence-corrected chi connectivity index (χ2v) is 4.38. The first-order valence-electron chi connectivity index (χ1n) is 6.86. The lowest BCUT2D eigenvalue weighted by Crippen LogP contribution is -2.41. The molecule has 0 fully saturated rings. The molecule has 106 valence electrons. The van der Waals surface area contributed by atoms with Gasteiger partial charge in [-0.2, -0.15) is 0 Å². The summed E-state index contributed by atoms with van der Waals surface area (Å²) in [6, 6.07) is 7.14. The Hall–Kier alpha value is -1.71. The third-order valence-corrected chi connectivity index (χ3v) is 2.99. The van der Waals surface area contributed by atoms with Crippen LogP contribution in [-0.4, -0.2) is 30.3 Å². The number of carboxylic acids is 1. The molecule has 0 aromatic heterocycles. The highest BCUT2D eigenvalue weighted by molar-refractivity contribution is 5.78. The van der Waals surface area contributed by atoms with E-state index >= 15 is 0 Å². The third-order valence-electron chi connectivity index (χ3n) is 2.99. The molecule has 1 rings (SSSR count). The predicted molar refractivity (Wildman–Crippen MR) is 77.0 cm³/mol. The average Bonchev–Trinajstić information content (AvgIpc) is 2.39. The molecule has 4 nitrogen and oxygen atoms in total. The highest BCUT2D eigenvalue weighted by Crippen LogP contribution is 2.23. The van der Waals surface area contributed by atoms with Crippen LogP contribution in [0.5, 0.6) is 5.75 Å². The highest BCUT2D eigenvalue weighted by Gasteiger charge is 2.23. The summed E-state index contributed by atoms with van der Waals surface area (Å²) in [5, 5.41) is 9.30. The van der Waals surface area contributed by atoms with Crippen molar-refractivity contribution in [2.75, 3.05) is 18.1 Å². The van der Waals surface area contributed by atoms with Gasteiger partial charge in [-0.3, -0.25) is 0 Å². The molecule has 0 heterocycles. The summed E-state index contributed by atoms with van der Waals surface area (Å²) in [5.74, 6) is 0.0379. The van der Waals surface area contributed by atoms with Crippen LogP contribution in [-0.2, 0) is 4.79 Å². The molecular weight excluding hydrogens is 242 g/mol. The fourth-order valence-corrected chi connectivity index (χ4v) is 2.13. The summed E-state index contributed by atoms with van der Waals surface area (Å²) in [6.45, 7) is 7.25. The van der Waals surface area contributed by atoms with Crippen LogP contribution in [0.3, 0.4) is 0 Å². The van der Waals surface area contributed by atoms with Gasteiger partial charge in [0.05, 0.1) is 6.61 Å². The van der Waals surface area contributed by atoms with E-state index in [4.69, 9.17) is 4.74 Å². The van der Waals surface area contributed by atoms with Crippen molar-refractivity contribution >= 4 is 11.7 Å². The summed E-state index contributed by atoms with van der Waals surface area (Å²) < 4.78 is 5.40. The fraction of sp³-hybridized carbons (Fsp3) is 0.533. The number of anilines is 1. The van der Waals surface area contributed by atoms with Crippen molar-refractivity contribution in [3.05, 3.63) is 24.3 Å². The van der Waals surface area contributed by atoms with Crippen molar-refractivity contribution in [3.8, 4) is 5.75 Å². The van der Waals surface area contributed by atoms with Crippen molar-refractivity contribution in [2.24, 2.45) is 0 Å².